The summed E-state index contributed by atoms with van der Waals surface area (Å²) in [6, 6.07) is 8.25. The summed E-state index contributed by atoms with van der Waals surface area (Å²) in [7, 11) is -0.119. The van der Waals surface area contributed by atoms with Crippen molar-refractivity contribution < 1.29 is 14.0 Å². The first kappa shape index (κ1) is 15.4. The smallest absolute Gasteiger partial charge is 0.458 e. The summed E-state index contributed by atoms with van der Waals surface area (Å²) in [6.45, 7) is 11.0. The third kappa shape index (κ3) is 3.36. The van der Waals surface area contributed by atoms with Gasteiger partial charge in [0.05, 0.1) is 17.8 Å². The third-order valence-corrected chi connectivity index (χ3v) is 4.21. The molecule has 1 aromatic carbocycles. The van der Waals surface area contributed by atoms with E-state index in [1.807, 2.05) is 19.1 Å². The van der Waals surface area contributed by atoms with E-state index in [1.54, 1.807) is 0 Å². The van der Waals surface area contributed by atoms with Gasteiger partial charge in [0.2, 0.25) is 0 Å². The fourth-order valence-corrected chi connectivity index (χ4v) is 2.29. The molecule has 4 heteroatoms. The minimum Gasteiger partial charge on any atom is -0.494 e. The lowest BCUT2D eigenvalue weighted by atomic mass is 9.81. The molecule has 0 spiro atoms. The van der Waals surface area contributed by atoms with Crippen molar-refractivity contribution in [2.45, 2.75) is 58.6 Å². The molecule has 0 saturated carbocycles. The van der Waals surface area contributed by atoms with Gasteiger partial charge in [-0.15, -0.1) is 0 Å². The maximum absolute atomic E-state index is 6.00. The van der Waals surface area contributed by atoms with E-state index in [0.717, 1.165) is 18.5 Å². The number of ether oxygens (including phenoxy) is 1. The first-order chi connectivity index (χ1) is 9.34. The van der Waals surface area contributed by atoms with Gasteiger partial charge in [0.15, 0.2) is 0 Å². The van der Waals surface area contributed by atoms with Crippen molar-refractivity contribution >= 4 is 7.12 Å². The normalized spacial score (nSPS) is 20.1. The molecule has 1 aromatic rings. The Morgan fingerprint density at radius 2 is 1.55 bits per heavy atom. The zero-order valence-corrected chi connectivity index (χ0v) is 13.2. The topological polar surface area (TPSA) is 27.7 Å². The highest BCUT2D eigenvalue weighted by molar-refractivity contribution is 6.45. The average Bonchev–Trinajstić information content (AvgIpc) is 2.57. The third-order valence-electron chi connectivity index (χ3n) is 4.21. The second kappa shape index (κ2) is 5.78. The second-order valence-electron chi connectivity index (χ2n) is 6.30. The molecular weight excluding hydrogens is 251 g/mol. The van der Waals surface area contributed by atoms with E-state index in [2.05, 4.69) is 39.8 Å². The summed E-state index contributed by atoms with van der Waals surface area (Å²) < 4.78 is 17.4. The SMILES string of the molecule is CCOc1ccc(CCB2OC(C)(C)C(C)(C)O2)cc1. The summed E-state index contributed by atoms with van der Waals surface area (Å²) in [6.07, 6.45) is 1.82. The molecule has 0 unspecified atom stereocenters. The van der Waals surface area contributed by atoms with Crippen LogP contribution in [0.1, 0.15) is 40.2 Å². The van der Waals surface area contributed by atoms with E-state index in [-0.39, 0.29) is 18.3 Å². The van der Waals surface area contributed by atoms with E-state index < -0.39 is 0 Å². The maximum atomic E-state index is 6.00. The molecule has 0 atom stereocenters. The van der Waals surface area contributed by atoms with Crippen LogP contribution in [0.3, 0.4) is 0 Å². The Morgan fingerprint density at radius 1 is 1.00 bits per heavy atom. The largest absolute Gasteiger partial charge is 0.494 e. The highest BCUT2D eigenvalue weighted by Crippen LogP contribution is 2.37. The van der Waals surface area contributed by atoms with Gasteiger partial charge in [-0.1, -0.05) is 12.1 Å². The van der Waals surface area contributed by atoms with Gasteiger partial charge < -0.3 is 14.0 Å². The molecule has 1 heterocycles. The standard InChI is InChI=1S/C16H25BO3/c1-6-18-14-9-7-13(8-10-14)11-12-17-19-15(2,3)16(4,5)20-17/h7-10H,6,11-12H2,1-5H3. The van der Waals surface area contributed by atoms with Crippen LogP contribution in [0.15, 0.2) is 24.3 Å². The molecule has 0 N–H and O–H groups in total. The lowest BCUT2D eigenvalue weighted by Gasteiger charge is -2.32. The van der Waals surface area contributed by atoms with E-state index >= 15 is 0 Å². The van der Waals surface area contributed by atoms with Crippen LogP contribution in [0.2, 0.25) is 6.32 Å². The van der Waals surface area contributed by atoms with Crippen LogP contribution in [0.4, 0.5) is 0 Å². The Kier molecular flexibility index (Phi) is 4.45. The summed E-state index contributed by atoms with van der Waals surface area (Å²) >= 11 is 0. The van der Waals surface area contributed by atoms with E-state index in [4.69, 9.17) is 14.0 Å². The van der Waals surface area contributed by atoms with Crippen molar-refractivity contribution in [1.82, 2.24) is 0 Å². The molecule has 0 bridgehead atoms. The molecule has 2 rings (SSSR count). The van der Waals surface area contributed by atoms with Gasteiger partial charge in [0.25, 0.3) is 0 Å². The van der Waals surface area contributed by atoms with Crippen LogP contribution < -0.4 is 4.74 Å². The number of aryl methyl sites for hydroxylation is 1. The molecule has 1 saturated heterocycles. The van der Waals surface area contributed by atoms with Gasteiger partial charge in [0, 0.05) is 0 Å². The number of rotatable bonds is 5. The Bertz CT molecular complexity index is 424. The summed E-state index contributed by atoms with van der Waals surface area (Å²) in [4.78, 5) is 0. The van der Waals surface area contributed by atoms with Crippen molar-refractivity contribution in [2.75, 3.05) is 6.61 Å². The minimum absolute atomic E-state index is 0.119. The van der Waals surface area contributed by atoms with Crippen molar-refractivity contribution in [2.24, 2.45) is 0 Å². The number of hydrogen-bond acceptors (Lipinski definition) is 3. The summed E-state index contributed by atoms with van der Waals surface area (Å²) in [5.74, 6) is 0.923. The molecule has 0 amide bonds. The zero-order valence-electron chi connectivity index (χ0n) is 13.2. The van der Waals surface area contributed by atoms with Gasteiger partial charge >= 0.3 is 7.12 Å². The predicted molar refractivity (Wildman–Crippen MR) is 82.2 cm³/mol. The summed E-state index contributed by atoms with van der Waals surface area (Å²) in [5, 5.41) is 0. The fourth-order valence-electron chi connectivity index (χ4n) is 2.29. The van der Waals surface area contributed by atoms with Gasteiger partial charge in [-0.25, -0.2) is 0 Å². The molecule has 1 fully saturated rings. The van der Waals surface area contributed by atoms with Crippen molar-refractivity contribution in [3.8, 4) is 5.75 Å². The Balaban J connectivity index is 1.87. The minimum atomic E-state index is -0.240. The van der Waals surface area contributed by atoms with E-state index in [9.17, 15) is 0 Å². The van der Waals surface area contributed by atoms with Crippen molar-refractivity contribution in [3.63, 3.8) is 0 Å². The fraction of sp³-hybridized carbons (Fsp3) is 0.625. The first-order valence-electron chi connectivity index (χ1n) is 7.41. The quantitative estimate of drug-likeness (QED) is 0.767. The molecule has 0 aliphatic carbocycles. The van der Waals surface area contributed by atoms with Gasteiger partial charge in [-0.2, -0.15) is 0 Å². The Hall–Kier alpha value is -0.995. The average molecular weight is 276 g/mol. The van der Waals surface area contributed by atoms with Crippen LogP contribution in [0.25, 0.3) is 0 Å². The first-order valence-corrected chi connectivity index (χ1v) is 7.41. The van der Waals surface area contributed by atoms with Gasteiger partial charge in [0.1, 0.15) is 5.75 Å². The molecule has 0 aromatic heterocycles. The highest BCUT2D eigenvalue weighted by Gasteiger charge is 2.50. The molecule has 110 valence electrons. The number of benzene rings is 1. The molecule has 3 nitrogen and oxygen atoms in total. The van der Waals surface area contributed by atoms with Crippen LogP contribution in [-0.2, 0) is 15.7 Å². The lowest BCUT2D eigenvalue weighted by molar-refractivity contribution is 0.00578. The van der Waals surface area contributed by atoms with E-state index in [0.29, 0.717) is 6.61 Å². The molecule has 1 aliphatic heterocycles. The van der Waals surface area contributed by atoms with Crippen molar-refractivity contribution in [1.29, 1.82) is 0 Å². The molecule has 1 aliphatic rings. The predicted octanol–water partition coefficient (Wildman–Crippen LogP) is 3.72. The van der Waals surface area contributed by atoms with Gasteiger partial charge in [-0.05, 0) is 65.1 Å². The van der Waals surface area contributed by atoms with Crippen LogP contribution in [0, 0.1) is 0 Å². The van der Waals surface area contributed by atoms with Crippen LogP contribution >= 0.6 is 0 Å². The monoisotopic (exact) mass is 276 g/mol. The second-order valence-corrected chi connectivity index (χ2v) is 6.30. The van der Waals surface area contributed by atoms with Crippen molar-refractivity contribution in [3.05, 3.63) is 29.8 Å². The zero-order chi connectivity index (χ0) is 14.8. The van der Waals surface area contributed by atoms with Gasteiger partial charge in [-0.3, -0.25) is 0 Å². The lowest BCUT2D eigenvalue weighted by Crippen LogP contribution is -2.41. The summed E-state index contributed by atoms with van der Waals surface area (Å²) in [5.41, 5.74) is 0.802. The highest BCUT2D eigenvalue weighted by atomic mass is 16.7. The number of hydrogen-bond donors (Lipinski definition) is 0. The maximum Gasteiger partial charge on any atom is 0.458 e. The van der Waals surface area contributed by atoms with Crippen LogP contribution in [-0.4, -0.2) is 24.9 Å². The van der Waals surface area contributed by atoms with Crippen LogP contribution in [0.5, 0.6) is 5.75 Å². The Labute approximate surface area is 122 Å². The molecule has 0 radical (unpaired) electrons. The van der Waals surface area contributed by atoms with E-state index in [1.165, 1.54) is 5.56 Å². The molecule has 20 heavy (non-hydrogen) atoms. The molecular formula is C16H25BO3. The Morgan fingerprint density at radius 3 is 2.05 bits per heavy atom.